The molecule has 1 saturated carbocycles. The van der Waals surface area contributed by atoms with Gasteiger partial charge in [0.15, 0.2) is 17.8 Å². The Balaban J connectivity index is 1.65. The molecule has 0 radical (unpaired) electrons. The average Bonchev–Trinajstić information content (AvgIpc) is 3.35. The van der Waals surface area contributed by atoms with E-state index in [9.17, 15) is 25.1 Å². The number of anilines is 1. The van der Waals surface area contributed by atoms with Gasteiger partial charge in [-0.05, 0) is 56.0 Å². The third kappa shape index (κ3) is 3.70. The van der Waals surface area contributed by atoms with Crippen LogP contribution >= 0.6 is 0 Å². The minimum Gasteiger partial charge on any atom is -0.449 e. The second kappa shape index (κ2) is 9.08. The van der Waals surface area contributed by atoms with E-state index in [1.807, 2.05) is 17.0 Å². The number of ether oxygens (including phenoxy) is 2. The molecule has 5 atom stereocenters. The molecule has 0 aromatic heterocycles. The summed E-state index contributed by atoms with van der Waals surface area (Å²) in [6.45, 7) is 4.79. The van der Waals surface area contributed by atoms with Gasteiger partial charge in [-0.3, -0.25) is 4.90 Å². The molecule has 5 unspecified atom stereocenters. The number of carbonyl (C=O) groups is 2. The first kappa shape index (κ1) is 24.0. The van der Waals surface area contributed by atoms with Crippen LogP contribution in [0.3, 0.4) is 0 Å². The van der Waals surface area contributed by atoms with Crippen molar-refractivity contribution in [2.24, 2.45) is 11.3 Å². The number of aliphatic hydroxyl groups excluding tert-OH is 2. The number of aliphatic hydroxyl groups is 2. The zero-order valence-electron chi connectivity index (χ0n) is 20.1. The van der Waals surface area contributed by atoms with Crippen molar-refractivity contribution in [1.82, 2.24) is 4.90 Å². The van der Waals surface area contributed by atoms with Crippen molar-refractivity contribution in [2.45, 2.75) is 69.5 Å². The fraction of sp³-hybridized carbons (Fsp3) is 0.654. The Morgan fingerprint density at radius 2 is 1.77 bits per heavy atom. The minimum atomic E-state index is -2.01. The molecule has 3 aliphatic heterocycles. The summed E-state index contributed by atoms with van der Waals surface area (Å²) in [7, 11) is 0. The number of nitrogens with zero attached hydrogens (tertiary/aromatic N) is 3. The maximum absolute atomic E-state index is 13.1. The van der Waals surface area contributed by atoms with Gasteiger partial charge in [0.1, 0.15) is 0 Å². The average molecular weight is 484 g/mol. The molecule has 2 bridgehead atoms. The molecule has 0 amide bonds. The Morgan fingerprint density at radius 3 is 2.43 bits per heavy atom. The van der Waals surface area contributed by atoms with Crippen molar-refractivity contribution in [2.75, 3.05) is 31.1 Å². The second-order valence-corrected chi connectivity index (χ2v) is 10.4. The lowest BCUT2D eigenvalue weighted by Crippen LogP contribution is -2.80. The lowest BCUT2D eigenvalue weighted by Gasteiger charge is -2.66. The van der Waals surface area contributed by atoms with E-state index in [-0.39, 0.29) is 11.3 Å². The second-order valence-electron chi connectivity index (χ2n) is 10.4. The Morgan fingerprint density at radius 1 is 1.09 bits per heavy atom. The molecule has 3 saturated heterocycles. The Labute approximate surface area is 205 Å². The maximum Gasteiger partial charge on any atom is 0.340 e. The Hall–Kier alpha value is -2.67. The summed E-state index contributed by atoms with van der Waals surface area (Å²) in [5, 5.41) is 29.9. The molecule has 35 heavy (non-hydrogen) atoms. The zero-order valence-corrected chi connectivity index (χ0v) is 20.1. The molecule has 9 heteroatoms. The van der Waals surface area contributed by atoms with E-state index in [0.29, 0.717) is 18.7 Å². The topological polar surface area (TPSA) is 123 Å². The van der Waals surface area contributed by atoms with E-state index in [4.69, 9.17) is 9.47 Å². The number of piperidine rings is 2. The van der Waals surface area contributed by atoms with Crippen LogP contribution in [0.2, 0.25) is 0 Å². The van der Waals surface area contributed by atoms with Gasteiger partial charge in [-0.25, -0.2) is 9.59 Å². The summed E-state index contributed by atoms with van der Waals surface area (Å²) in [4.78, 5) is 30.3. The van der Waals surface area contributed by atoms with Gasteiger partial charge in [0.2, 0.25) is 6.23 Å². The van der Waals surface area contributed by atoms with Crippen LogP contribution < -0.4 is 4.90 Å². The zero-order chi connectivity index (χ0) is 24.8. The third-order valence-corrected chi connectivity index (χ3v) is 8.60. The number of unbranched alkanes of at least 4 members (excludes halogenated alkanes) is 1. The van der Waals surface area contributed by atoms with E-state index < -0.39 is 36.0 Å². The van der Waals surface area contributed by atoms with Crippen LogP contribution in [0.1, 0.15) is 51.0 Å². The summed E-state index contributed by atoms with van der Waals surface area (Å²) in [6.07, 6.45) is 0.731. The van der Waals surface area contributed by atoms with E-state index in [1.54, 1.807) is 12.1 Å². The highest BCUT2D eigenvalue weighted by molar-refractivity contribution is 5.86. The van der Waals surface area contributed by atoms with Crippen molar-refractivity contribution in [3.05, 3.63) is 29.8 Å². The third-order valence-electron chi connectivity index (χ3n) is 8.60. The first-order valence-corrected chi connectivity index (χ1v) is 12.6. The molecule has 9 nitrogen and oxygen atoms in total. The number of nitriles is 1. The van der Waals surface area contributed by atoms with Crippen molar-refractivity contribution < 1.29 is 29.3 Å². The highest BCUT2D eigenvalue weighted by Gasteiger charge is 2.72. The molecular formula is C26H33N3O6. The standard InChI is InChI=1S/C26H33N3O6/c1-2-3-12-28-14-18-15-29(19-8-6-17(13-27)7-9-19)24-26(16-28,25(18)10-4-5-11-25)35-23(33)21(31)20(30)22(32)34-24/h6-9,18,20-21,24,30-31H,2-5,10-12,14-16H2,1H3. The predicted octanol–water partition coefficient (Wildman–Crippen LogP) is 1.56. The summed E-state index contributed by atoms with van der Waals surface area (Å²) < 4.78 is 12.2. The van der Waals surface area contributed by atoms with Gasteiger partial charge in [0, 0.05) is 30.7 Å². The number of esters is 2. The van der Waals surface area contributed by atoms with E-state index >= 15 is 0 Å². The van der Waals surface area contributed by atoms with Gasteiger partial charge in [-0.15, -0.1) is 0 Å². The molecular weight excluding hydrogens is 450 g/mol. The van der Waals surface area contributed by atoms with Crippen LogP contribution in [0.5, 0.6) is 0 Å². The monoisotopic (exact) mass is 483 g/mol. The summed E-state index contributed by atoms with van der Waals surface area (Å²) in [5.74, 6) is -1.87. The van der Waals surface area contributed by atoms with Crippen LogP contribution in [0.4, 0.5) is 5.69 Å². The summed E-state index contributed by atoms with van der Waals surface area (Å²) >= 11 is 0. The number of benzene rings is 1. The predicted molar refractivity (Wildman–Crippen MR) is 125 cm³/mol. The van der Waals surface area contributed by atoms with E-state index in [2.05, 4.69) is 17.9 Å². The number of carbonyl (C=O) groups excluding carboxylic acids is 2. The molecule has 2 spiro atoms. The summed E-state index contributed by atoms with van der Waals surface area (Å²) in [6, 6.07) is 9.15. The fourth-order valence-electron chi connectivity index (χ4n) is 6.91. The number of likely N-dealkylation sites (tertiary alicyclic amines) is 1. The van der Waals surface area contributed by atoms with Crippen LogP contribution in [-0.2, 0) is 19.1 Å². The lowest BCUT2D eigenvalue weighted by atomic mass is 9.56. The molecule has 4 aliphatic rings. The van der Waals surface area contributed by atoms with E-state index in [1.165, 1.54) is 0 Å². The molecule has 188 valence electrons. The largest absolute Gasteiger partial charge is 0.449 e. The quantitative estimate of drug-likeness (QED) is 0.614. The van der Waals surface area contributed by atoms with Crippen molar-refractivity contribution in [3.8, 4) is 6.07 Å². The molecule has 1 aromatic carbocycles. The van der Waals surface area contributed by atoms with Gasteiger partial charge in [0.05, 0.1) is 11.6 Å². The van der Waals surface area contributed by atoms with Gasteiger partial charge >= 0.3 is 11.9 Å². The Kier molecular flexibility index (Phi) is 6.24. The number of rotatable bonds is 4. The Bertz CT molecular complexity index is 1020. The van der Waals surface area contributed by atoms with Gasteiger partial charge in [-0.1, -0.05) is 26.2 Å². The molecule has 3 heterocycles. The van der Waals surface area contributed by atoms with Crippen LogP contribution in [0, 0.1) is 22.7 Å². The lowest BCUT2D eigenvalue weighted by molar-refractivity contribution is -0.271. The van der Waals surface area contributed by atoms with E-state index in [0.717, 1.165) is 57.3 Å². The van der Waals surface area contributed by atoms with Gasteiger partial charge in [-0.2, -0.15) is 5.26 Å². The molecule has 2 N–H and O–H groups in total. The van der Waals surface area contributed by atoms with Crippen molar-refractivity contribution in [3.63, 3.8) is 0 Å². The highest BCUT2D eigenvalue weighted by atomic mass is 16.6. The van der Waals surface area contributed by atoms with Gasteiger partial charge < -0.3 is 24.6 Å². The molecule has 4 fully saturated rings. The van der Waals surface area contributed by atoms with Crippen LogP contribution in [-0.4, -0.2) is 77.3 Å². The smallest absolute Gasteiger partial charge is 0.340 e. The molecule has 1 aliphatic carbocycles. The number of hydrogen-bond acceptors (Lipinski definition) is 9. The maximum atomic E-state index is 13.1. The van der Waals surface area contributed by atoms with Crippen LogP contribution in [0.15, 0.2) is 24.3 Å². The van der Waals surface area contributed by atoms with Gasteiger partial charge in [0.25, 0.3) is 0 Å². The normalized spacial score (nSPS) is 34.4. The van der Waals surface area contributed by atoms with Crippen molar-refractivity contribution in [1.29, 1.82) is 5.26 Å². The SMILES string of the molecule is CCCCN1CC2CN(c3ccc(C#N)cc3)C3OC(=O)C(O)C(O)C(=O)OC3(C1)C21CCCC1. The first-order valence-electron chi connectivity index (χ1n) is 12.6. The first-order chi connectivity index (χ1) is 16.8. The number of hydrogen-bond donors (Lipinski definition) is 2. The molecule has 5 rings (SSSR count). The summed E-state index contributed by atoms with van der Waals surface area (Å²) in [5.41, 5.74) is -0.322. The van der Waals surface area contributed by atoms with Crippen LogP contribution in [0.25, 0.3) is 0 Å². The fourth-order valence-corrected chi connectivity index (χ4v) is 6.91. The molecule has 1 aromatic rings. The highest BCUT2D eigenvalue weighted by Crippen LogP contribution is 2.61. The van der Waals surface area contributed by atoms with Crippen molar-refractivity contribution >= 4 is 17.6 Å². The minimum absolute atomic E-state index is 0.149.